The van der Waals surface area contributed by atoms with E-state index in [9.17, 15) is 21.6 Å². The number of alkyl halides is 2. The first-order valence-electron chi connectivity index (χ1n) is 25.2. The van der Waals surface area contributed by atoms with Crippen molar-refractivity contribution in [3.63, 3.8) is 0 Å². The molecule has 0 aromatic heterocycles. The number of nitrogens with zero attached hydrogens (tertiary/aromatic N) is 4. The van der Waals surface area contributed by atoms with Crippen molar-refractivity contribution in [2.75, 3.05) is 131 Å². The van der Waals surface area contributed by atoms with Crippen LogP contribution in [0.2, 0.25) is 25.1 Å². The SMILES string of the molecule is CS(=O)(=O)OCCN(CCOS(C)(=O)=O)c1ccc(Cl)cc1.Clc1ccc(N(CCI)CCI)cc1.Nc1ccc(Cl)cc1.O=C1Nc2cc(Br)ccc2C12CCN(c1ccc(Cl)cc1)CC2.OCCN(CCO)c1ccc(Cl)cc1. The third-order valence-electron chi connectivity index (χ3n) is 12.2. The van der Waals surface area contributed by atoms with Gasteiger partial charge in [0.1, 0.15) is 0 Å². The summed E-state index contributed by atoms with van der Waals surface area (Å²) in [4.78, 5) is 21.0. The van der Waals surface area contributed by atoms with E-state index in [4.69, 9.17) is 82.3 Å². The van der Waals surface area contributed by atoms with Crippen molar-refractivity contribution in [1.82, 2.24) is 0 Å². The number of rotatable bonds is 20. The maximum absolute atomic E-state index is 12.6. The minimum atomic E-state index is -3.53. The van der Waals surface area contributed by atoms with Gasteiger partial charge in [-0.3, -0.25) is 13.2 Å². The number of nitrogens with two attached hydrogens (primary N) is 1. The lowest BCUT2D eigenvalue weighted by Crippen LogP contribution is -2.46. The molecule has 1 fully saturated rings. The summed E-state index contributed by atoms with van der Waals surface area (Å²) >= 11 is 37.2. The zero-order chi connectivity index (χ0) is 59.6. The van der Waals surface area contributed by atoms with E-state index in [1.165, 1.54) is 11.4 Å². The number of carbonyl (C=O) groups is 1. The molecule has 25 heteroatoms. The normalized spacial score (nSPS) is 13.1. The molecule has 0 atom stereocenters. The Kier molecular flexibility index (Phi) is 31.3. The number of benzene rings is 6. The van der Waals surface area contributed by atoms with E-state index >= 15 is 0 Å². The number of halogens is 8. The van der Waals surface area contributed by atoms with Crippen LogP contribution < -0.4 is 30.7 Å². The first-order valence-corrected chi connectivity index (χ1v) is 34.5. The molecule has 442 valence electrons. The van der Waals surface area contributed by atoms with Crippen LogP contribution in [0.15, 0.2) is 144 Å². The molecule has 8 rings (SSSR count). The van der Waals surface area contributed by atoms with E-state index in [-0.39, 0.29) is 50.8 Å². The lowest BCUT2D eigenvalue weighted by molar-refractivity contribution is -0.121. The van der Waals surface area contributed by atoms with Crippen LogP contribution in [0.5, 0.6) is 0 Å². The average Bonchev–Trinajstić information content (AvgIpc) is 3.73. The van der Waals surface area contributed by atoms with E-state index in [0.29, 0.717) is 23.1 Å². The predicted octanol–water partition coefficient (Wildman–Crippen LogP) is 12.8. The third kappa shape index (κ3) is 25.6. The number of anilines is 6. The van der Waals surface area contributed by atoms with Gasteiger partial charge in [0, 0.05) is 125 Å². The Hall–Kier alpha value is -3.08. The summed E-state index contributed by atoms with van der Waals surface area (Å²) in [6, 6.07) is 43.3. The van der Waals surface area contributed by atoms with Crippen molar-refractivity contribution >= 4 is 179 Å². The second-order valence-electron chi connectivity index (χ2n) is 18.0. The highest BCUT2D eigenvalue weighted by Gasteiger charge is 2.48. The Morgan fingerprint density at radius 1 is 0.580 bits per heavy atom. The fourth-order valence-electron chi connectivity index (χ4n) is 8.27. The summed E-state index contributed by atoms with van der Waals surface area (Å²) in [5, 5.41) is 24.2. The van der Waals surface area contributed by atoms with E-state index in [0.717, 1.165) is 108 Å². The molecule has 0 saturated carbocycles. The molecule has 2 aliphatic heterocycles. The lowest BCUT2D eigenvalue weighted by Gasteiger charge is -2.39. The van der Waals surface area contributed by atoms with Gasteiger partial charge >= 0.3 is 0 Å². The number of nitrogen functional groups attached to an aromatic ring is 1. The highest BCUT2D eigenvalue weighted by Crippen LogP contribution is 2.46. The number of nitrogens with one attached hydrogen (secondary N) is 1. The third-order valence-corrected chi connectivity index (χ3v) is 16.1. The molecule has 6 aromatic rings. The molecule has 1 saturated heterocycles. The summed E-state index contributed by atoms with van der Waals surface area (Å²) in [6.07, 6.45) is 3.59. The minimum Gasteiger partial charge on any atom is -0.399 e. The average molecular weight is 1540 g/mol. The van der Waals surface area contributed by atoms with Gasteiger partial charge in [-0.1, -0.05) is 125 Å². The van der Waals surface area contributed by atoms with Crippen molar-refractivity contribution in [1.29, 1.82) is 0 Å². The number of hydrogen-bond donors (Lipinski definition) is 4. The molecular formula is C56H66BrCl5I2N6O9S2. The number of hydrogen-bond acceptors (Lipinski definition) is 14. The molecule has 6 aromatic carbocycles. The summed E-state index contributed by atoms with van der Waals surface area (Å²) in [7, 11) is -7.05. The molecule has 81 heavy (non-hydrogen) atoms. The standard InChI is InChI=1S/C18H16BrClN2O.C12H18ClNO6S2.C10H12ClI2N.C10H14ClNO2.C6H6ClN/c19-12-1-6-15-16(11-12)21-17(23)18(15)7-9-22(10-8-18)14-4-2-13(20)3-5-14;1-21(15,16)19-9-7-14(8-10-20-22(2,17)18)12-5-3-11(13)4-6-12;11-9-1-3-10(4-2-9)14(7-5-12)8-6-13;11-9-1-3-10(4-2-9)12(5-7-13)6-8-14;7-5-1-3-6(8)4-2-5/h1-6,11H,7-10H2,(H,21,23);3-6H,7-10H2,1-2H3;1-4H,5-8H2;1-4,13-14H,5-8H2;1-4H,8H2. The molecule has 0 bridgehead atoms. The molecular weight excluding hydrogens is 1480 g/mol. The number of amides is 1. The van der Waals surface area contributed by atoms with Crippen LogP contribution in [0, 0.1) is 0 Å². The predicted molar refractivity (Wildman–Crippen MR) is 358 cm³/mol. The first kappa shape index (κ1) is 70.4. The zero-order valence-electron chi connectivity index (χ0n) is 44.6. The highest BCUT2D eigenvalue weighted by molar-refractivity contribution is 14.1. The molecule has 5 N–H and O–H groups in total. The molecule has 15 nitrogen and oxygen atoms in total. The van der Waals surface area contributed by atoms with Crippen molar-refractivity contribution in [3.8, 4) is 0 Å². The van der Waals surface area contributed by atoms with E-state index in [2.05, 4.69) is 94.4 Å². The second kappa shape index (κ2) is 36.0. The van der Waals surface area contributed by atoms with Crippen molar-refractivity contribution < 1.29 is 40.2 Å². The fourth-order valence-corrected chi connectivity index (χ4v) is 11.2. The molecule has 1 spiro atoms. The number of carbonyl (C=O) groups excluding carboxylic acids is 1. The fraction of sp³-hybridized carbons (Fsp3) is 0.339. The number of piperidine rings is 1. The van der Waals surface area contributed by atoms with Gasteiger partial charge in [0.05, 0.1) is 44.4 Å². The quantitative estimate of drug-likeness (QED) is 0.0244. The number of aliphatic hydroxyl groups excluding tert-OH is 2. The van der Waals surface area contributed by atoms with E-state index < -0.39 is 20.2 Å². The molecule has 2 aliphatic rings. The minimum absolute atomic E-state index is 0.0552. The summed E-state index contributed by atoms with van der Waals surface area (Å²) < 4.78 is 56.6. The van der Waals surface area contributed by atoms with Crippen LogP contribution >= 0.6 is 119 Å². The second-order valence-corrected chi connectivity index (χ2v) is 26.6. The van der Waals surface area contributed by atoms with Crippen LogP contribution in [0.4, 0.5) is 34.1 Å². The lowest BCUT2D eigenvalue weighted by atomic mass is 9.73. The van der Waals surface area contributed by atoms with Gasteiger partial charge in [0.2, 0.25) is 5.91 Å². The maximum atomic E-state index is 12.6. The monoisotopic (exact) mass is 1540 g/mol. The van der Waals surface area contributed by atoms with Crippen LogP contribution in [0.25, 0.3) is 0 Å². The number of fused-ring (bicyclic) bond motifs is 2. The first-order chi connectivity index (χ1) is 38.5. The van der Waals surface area contributed by atoms with Crippen LogP contribution in [0.1, 0.15) is 18.4 Å². The molecule has 0 radical (unpaired) electrons. The van der Waals surface area contributed by atoms with Crippen molar-refractivity contribution in [3.05, 3.63) is 175 Å². The Labute approximate surface area is 538 Å². The smallest absolute Gasteiger partial charge is 0.264 e. The van der Waals surface area contributed by atoms with Crippen molar-refractivity contribution in [2.45, 2.75) is 18.3 Å². The Morgan fingerprint density at radius 3 is 1.30 bits per heavy atom. The molecule has 0 aliphatic carbocycles. The summed E-state index contributed by atoms with van der Waals surface area (Å²) in [5.74, 6) is 0.140. The van der Waals surface area contributed by atoms with Crippen molar-refractivity contribution in [2.24, 2.45) is 0 Å². The summed E-state index contributed by atoms with van der Waals surface area (Å²) in [5.41, 5.74) is 12.0. The largest absolute Gasteiger partial charge is 0.399 e. The Bertz CT molecular complexity index is 2930. The van der Waals surface area contributed by atoms with Crippen LogP contribution in [0.3, 0.4) is 0 Å². The Morgan fingerprint density at radius 2 is 0.938 bits per heavy atom. The topological polar surface area (TPSA) is 195 Å². The maximum Gasteiger partial charge on any atom is 0.264 e. The van der Waals surface area contributed by atoms with Gasteiger partial charge in [-0.2, -0.15) is 16.8 Å². The van der Waals surface area contributed by atoms with Crippen LogP contribution in [-0.2, 0) is 38.8 Å². The molecule has 2 heterocycles. The van der Waals surface area contributed by atoms with Gasteiger partial charge in [-0.05, 0) is 152 Å². The van der Waals surface area contributed by atoms with Gasteiger partial charge in [-0.25, -0.2) is 0 Å². The van der Waals surface area contributed by atoms with Gasteiger partial charge < -0.3 is 40.9 Å². The zero-order valence-corrected chi connectivity index (χ0v) is 55.9. The van der Waals surface area contributed by atoms with Gasteiger partial charge in [0.25, 0.3) is 20.2 Å². The van der Waals surface area contributed by atoms with Gasteiger partial charge in [0.15, 0.2) is 0 Å². The number of aliphatic hydroxyl groups is 2. The van der Waals surface area contributed by atoms with Gasteiger partial charge in [-0.15, -0.1) is 0 Å². The highest BCUT2D eigenvalue weighted by atomic mass is 127. The van der Waals surface area contributed by atoms with E-state index in [1.54, 1.807) is 65.6 Å². The van der Waals surface area contributed by atoms with E-state index in [1.807, 2.05) is 65.6 Å². The van der Waals surface area contributed by atoms with Crippen LogP contribution in [-0.4, -0.2) is 133 Å². The summed E-state index contributed by atoms with van der Waals surface area (Å²) in [6.45, 7) is 5.51. The molecule has 0 unspecified atom stereocenters. The molecule has 1 amide bonds. The Balaban J connectivity index is 0.000000227.